The molecule has 1 aromatic heterocycles. The quantitative estimate of drug-likeness (QED) is 0.506. The SMILES string of the molecule is COC(=O)C(O)C(O)c1c[nH]c(C(=O)O)c1. The number of aromatic amines is 1. The van der Waals surface area contributed by atoms with Crippen LogP contribution in [-0.2, 0) is 9.53 Å². The van der Waals surface area contributed by atoms with Crippen molar-refractivity contribution in [3.05, 3.63) is 23.5 Å². The van der Waals surface area contributed by atoms with Gasteiger partial charge in [0.15, 0.2) is 6.10 Å². The minimum absolute atomic E-state index is 0.0929. The second-order valence-corrected chi connectivity index (χ2v) is 3.06. The van der Waals surface area contributed by atoms with Gasteiger partial charge >= 0.3 is 11.9 Å². The molecule has 0 spiro atoms. The van der Waals surface area contributed by atoms with Crippen LogP contribution in [0.4, 0.5) is 0 Å². The fourth-order valence-corrected chi connectivity index (χ4v) is 1.14. The van der Waals surface area contributed by atoms with Gasteiger partial charge in [0, 0.05) is 11.8 Å². The van der Waals surface area contributed by atoms with Crippen molar-refractivity contribution in [1.29, 1.82) is 0 Å². The molecule has 0 radical (unpaired) electrons. The second kappa shape index (κ2) is 4.77. The smallest absolute Gasteiger partial charge is 0.352 e. The Balaban J connectivity index is 2.83. The number of carboxylic acids is 1. The third-order valence-corrected chi connectivity index (χ3v) is 2.02. The summed E-state index contributed by atoms with van der Waals surface area (Å²) in [7, 11) is 1.07. The predicted molar refractivity (Wildman–Crippen MR) is 50.7 cm³/mol. The van der Waals surface area contributed by atoms with Crippen LogP contribution in [0.1, 0.15) is 22.2 Å². The van der Waals surface area contributed by atoms with Gasteiger partial charge in [-0.05, 0) is 6.07 Å². The number of esters is 1. The summed E-state index contributed by atoms with van der Waals surface area (Å²) in [5.74, 6) is -2.20. The lowest BCUT2D eigenvalue weighted by atomic mass is 10.1. The topological polar surface area (TPSA) is 120 Å². The number of hydrogen-bond donors (Lipinski definition) is 4. The number of methoxy groups -OCH3 is 1. The van der Waals surface area contributed by atoms with Crippen LogP contribution in [0.25, 0.3) is 0 Å². The third-order valence-electron chi connectivity index (χ3n) is 2.02. The Morgan fingerprint density at radius 1 is 1.44 bits per heavy atom. The molecule has 2 unspecified atom stereocenters. The highest BCUT2D eigenvalue weighted by atomic mass is 16.5. The summed E-state index contributed by atoms with van der Waals surface area (Å²) in [5, 5.41) is 27.4. The van der Waals surface area contributed by atoms with Gasteiger partial charge in [-0.1, -0.05) is 0 Å². The maximum atomic E-state index is 10.9. The number of carbonyl (C=O) groups excluding carboxylic acids is 1. The van der Waals surface area contributed by atoms with Crippen molar-refractivity contribution in [3.8, 4) is 0 Å². The molecule has 0 aliphatic heterocycles. The van der Waals surface area contributed by atoms with Gasteiger partial charge in [-0.2, -0.15) is 0 Å². The molecular formula is C9H11NO6. The minimum atomic E-state index is -1.75. The summed E-state index contributed by atoms with van der Waals surface area (Å²) in [4.78, 5) is 23.8. The number of carbonyl (C=O) groups is 2. The first-order chi connectivity index (χ1) is 7.47. The monoisotopic (exact) mass is 229 g/mol. The van der Waals surface area contributed by atoms with E-state index in [4.69, 9.17) is 5.11 Å². The molecule has 1 rings (SSSR count). The Morgan fingerprint density at radius 2 is 2.06 bits per heavy atom. The molecule has 0 saturated heterocycles. The predicted octanol–water partition coefficient (Wildman–Crippen LogP) is -0.720. The number of aliphatic hydroxyl groups excluding tert-OH is 2. The Kier molecular flexibility index (Phi) is 3.64. The Labute approximate surface area is 90.3 Å². The Hall–Kier alpha value is -1.86. The van der Waals surface area contributed by atoms with E-state index in [9.17, 15) is 19.8 Å². The van der Waals surface area contributed by atoms with Crippen LogP contribution < -0.4 is 0 Å². The third kappa shape index (κ3) is 2.38. The molecule has 0 saturated carbocycles. The van der Waals surface area contributed by atoms with E-state index in [0.29, 0.717) is 0 Å². The molecule has 4 N–H and O–H groups in total. The normalized spacial score (nSPS) is 14.2. The molecule has 0 fully saturated rings. The molecule has 0 amide bonds. The highest BCUT2D eigenvalue weighted by Gasteiger charge is 2.27. The first kappa shape index (κ1) is 12.2. The van der Waals surface area contributed by atoms with Crippen molar-refractivity contribution in [3.63, 3.8) is 0 Å². The van der Waals surface area contributed by atoms with Crippen molar-refractivity contribution in [2.75, 3.05) is 7.11 Å². The molecule has 2 atom stereocenters. The maximum absolute atomic E-state index is 10.9. The number of nitrogens with one attached hydrogen (secondary N) is 1. The minimum Gasteiger partial charge on any atom is -0.477 e. The van der Waals surface area contributed by atoms with Crippen LogP contribution in [-0.4, -0.2) is 45.5 Å². The van der Waals surface area contributed by atoms with E-state index in [1.54, 1.807) is 0 Å². The summed E-state index contributed by atoms with van der Waals surface area (Å²) in [6, 6.07) is 1.12. The molecule has 88 valence electrons. The van der Waals surface area contributed by atoms with Crippen molar-refractivity contribution < 1.29 is 29.6 Å². The van der Waals surface area contributed by atoms with Crippen LogP contribution >= 0.6 is 0 Å². The van der Waals surface area contributed by atoms with E-state index in [1.807, 2.05) is 0 Å². The lowest BCUT2D eigenvalue weighted by molar-refractivity contribution is -0.156. The van der Waals surface area contributed by atoms with Gasteiger partial charge in [0.2, 0.25) is 0 Å². The summed E-state index contributed by atoms with van der Waals surface area (Å²) in [5.41, 5.74) is -0.0542. The van der Waals surface area contributed by atoms with Gasteiger partial charge in [0.25, 0.3) is 0 Å². The lowest BCUT2D eigenvalue weighted by Crippen LogP contribution is -2.28. The van der Waals surface area contributed by atoms with Crippen LogP contribution in [0, 0.1) is 0 Å². The number of aromatic nitrogens is 1. The van der Waals surface area contributed by atoms with E-state index in [1.165, 1.54) is 6.20 Å². The largest absolute Gasteiger partial charge is 0.477 e. The number of H-pyrrole nitrogens is 1. The van der Waals surface area contributed by atoms with Gasteiger partial charge in [-0.25, -0.2) is 9.59 Å². The maximum Gasteiger partial charge on any atom is 0.352 e. The second-order valence-electron chi connectivity index (χ2n) is 3.06. The molecule has 0 aliphatic carbocycles. The number of carboxylic acid groups (broad SMARTS) is 1. The first-order valence-corrected chi connectivity index (χ1v) is 4.33. The van der Waals surface area contributed by atoms with E-state index >= 15 is 0 Å². The average molecular weight is 229 g/mol. The van der Waals surface area contributed by atoms with E-state index < -0.39 is 24.1 Å². The molecule has 0 aromatic carbocycles. The molecule has 0 aliphatic rings. The molecule has 1 aromatic rings. The Morgan fingerprint density at radius 3 is 2.50 bits per heavy atom. The lowest BCUT2D eigenvalue weighted by Gasteiger charge is -2.13. The number of hydrogen-bond acceptors (Lipinski definition) is 5. The average Bonchev–Trinajstić information content (AvgIpc) is 2.75. The molecule has 7 heteroatoms. The van der Waals surface area contributed by atoms with E-state index in [0.717, 1.165) is 13.2 Å². The molecular weight excluding hydrogens is 218 g/mol. The standard InChI is InChI=1S/C9H11NO6/c1-16-9(15)7(12)6(11)4-2-5(8(13)14)10-3-4/h2-3,6-7,10-12H,1H3,(H,13,14). The fraction of sp³-hybridized carbons (Fsp3) is 0.333. The molecule has 16 heavy (non-hydrogen) atoms. The Bertz CT molecular complexity index is 398. The number of rotatable bonds is 4. The number of aromatic carboxylic acids is 1. The van der Waals surface area contributed by atoms with E-state index in [2.05, 4.69) is 9.72 Å². The summed E-state index contributed by atoms with van der Waals surface area (Å²) < 4.78 is 4.23. The first-order valence-electron chi connectivity index (χ1n) is 4.33. The van der Waals surface area contributed by atoms with Crippen molar-refractivity contribution in [2.24, 2.45) is 0 Å². The number of ether oxygens (including phenoxy) is 1. The highest BCUT2D eigenvalue weighted by molar-refractivity contribution is 5.85. The molecule has 0 bridgehead atoms. The van der Waals surface area contributed by atoms with Gasteiger partial charge in [-0.15, -0.1) is 0 Å². The van der Waals surface area contributed by atoms with Gasteiger partial charge in [0.1, 0.15) is 11.8 Å². The van der Waals surface area contributed by atoms with Gasteiger partial charge in [-0.3, -0.25) is 0 Å². The van der Waals surface area contributed by atoms with E-state index in [-0.39, 0.29) is 11.3 Å². The van der Waals surface area contributed by atoms with Crippen LogP contribution in [0.5, 0.6) is 0 Å². The summed E-state index contributed by atoms with van der Waals surface area (Å²) in [6.45, 7) is 0. The van der Waals surface area contributed by atoms with Gasteiger partial charge in [0.05, 0.1) is 7.11 Å². The highest BCUT2D eigenvalue weighted by Crippen LogP contribution is 2.18. The van der Waals surface area contributed by atoms with Crippen molar-refractivity contribution in [1.82, 2.24) is 4.98 Å². The molecule has 7 nitrogen and oxygen atoms in total. The zero-order valence-electron chi connectivity index (χ0n) is 8.38. The number of aliphatic hydroxyl groups is 2. The molecule has 1 heterocycles. The van der Waals surface area contributed by atoms with Crippen LogP contribution in [0.2, 0.25) is 0 Å². The van der Waals surface area contributed by atoms with Crippen LogP contribution in [0.3, 0.4) is 0 Å². The summed E-state index contributed by atoms with van der Waals surface area (Å²) >= 11 is 0. The zero-order valence-corrected chi connectivity index (χ0v) is 8.38. The fourth-order valence-electron chi connectivity index (χ4n) is 1.14. The van der Waals surface area contributed by atoms with Crippen molar-refractivity contribution in [2.45, 2.75) is 12.2 Å². The van der Waals surface area contributed by atoms with Crippen LogP contribution in [0.15, 0.2) is 12.3 Å². The van der Waals surface area contributed by atoms with Gasteiger partial charge < -0.3 is 25.0 Å². The van der Waals surface area contributed by atoms with Crippen molar-refractivity contribution >= 4 is 11.9 Å². The summed E-state index contributed by atoms with van der Waals surface area (Å²) in [6.07, 6.45) is -2.08. The zero-order chi connectivity index (χ0) is 12.3.